The second-order valence-electron chi connectivity index (χ2n) is 14.0. The Morgan fingerprint density at radius 2 is 0.857 bits per heavy atom. The highest BCUT2D eigenvalue weighted by atomic mass is 16.6. The summed E-state index contributed by atoms with van der Waals surface area (Å²) < 4.78 is 12.1. The molecule has 2 aliphatic carbocycles. The molecule has 0 aromatic heterocycles. The summed E-state index contributed by atoms with van der Waals surface area (Å²) in [5, 5.41) is 22.1. The SMILES string of the molecule is CCC[C@H]1CC[C@H](CCC2CCC(c3ccc(Oc4ccc([N+](=O)[O-])cc4)cc3)(c3ccc(Oc4ccc([N+](=O)[O-])cc4)cc3)CC2)CC1. The average molecular weight is 663 g/mol. The first kappa shape index (κ1) is 34.2. The van der Waals surface area contributed by atoms with Gasteiger partial charge in [-0.15, -0.1) is 0 Å². The summed E-state index contributed by atoms with van der Waals surface area (Å²) >= 11 is 0. The van der Waals surface area contributed by atoms with E-state index in [4.69, 9.17) is 9.47 Å². The topological polar surface area (TPSA) is 105 Å². The Morgan fingerprint density at radius 3 is 1.20 bits per heavy atom. The first-order valence-corrected chi connectivity index (χ1v) is 17.9. The smallest absolute Gasteiger partial charge is 0.269 e. The number of nitro groups is 2. The van der Waals surface area contributed by atoms with Gasteiger partial charge in [0.2, 0.25) is 0 Å². The molecule has 0 amide bonds. The highest BCUT2D eigenvalue weighted by Gasteiger charge is 2.38. The second kappa shape index (κ2) is 15.7. The Labute approximate surface area is 288 Å². The van der Waals surface area contributed by atoms with Crippen LogP contribution in [0.25, 0.3) is 0 Å². The number of non-ortho nitro benzene ring substituents is 2. The van der Waals surface area contributed by atoms with Crippen molar-refractivity contribution in [3.63, 3.8) is 0 Å². The van der Waals surface area contributed by atoms with Gasteiger partial charge in [-0.2, -0.15) is 0 Å². The lowest BCUT2D eigenvalue weighted by atomic mass is 9.62. The van der Waals surface area contributed by atoms with Gasteiger partial charge in [-0.1, -0.05) is 82.6 Å². The molecule has 2 saturated carbocycles. The van der Waals surface area contributed by atoms with Crippen molar-refractivity contribution in [1.29, 1.82) is 0 Å². The maximum absolute atomic E-state index is 11.0. The molecule has 0 unspecified atom stereocenters. The van der Waals surface area contributed by atoms with Crippen LogP contribution >= 0.6 is 0 Å². The molecule has 0 radical (unpaired) electrons. The molecule has 0 N–H and O–H groups in total. The van der Waals surface area contributed by atoms with E-state index in [0.717, 1.165) is 30.6 Å². The molecule has 4 aromatic rings. The van der Waals surface area contributed by atoms with Crippen LogP contribution in [0.2, 0.25) is 0 Å². The molecule has 4 aromatic carbocycles. The molecule has 2 aliphatic rings. The van der Waals surface area contributed by atoms with Gasteiger partial charge < -0.3 is 9.47 Å². The largest absolute Gasteiger partial charge is 0.457 e. The molecular weight excluding hydrogens is 616 g/mol. The number of hydrogen-bond donors (Lipinski definition) is 0. The number of benzene rings is 4. The van der Waals surface area contributed by atoms with Gasteiger partial charge in [0.1, 0.15) is 23.0 Å². The van der Waals surface area contributed by atoms with Crippen LogP contribution in [-0.4, -0.2) is 9.85 Å². The number of nitro benzene ring substituents is 2. The van der Waals surface area contributed by atoms with Crippen molar-refractivity contribution in [1.82, 2.24) is 0 Å². The molecule has 0 aliphatic heterocycles. The number of rotatable bonds is 13. The number of ether oxygens (including phenoxy) is 2. The molecule has 0 saturated heterocycles. The minimum atomic E-state index is -0.417. The summed E-state index contributed by atoms with van der Waals surface area (Å²) in [7, 11) is 0. The van der Waals surface area contributed by atoms with Crippen molar-refractivity contribution in [3.8, 4) is 23.0 Å². The minimum Gasteiger partial charge on any atom is -0.457 e. The average Bonchev–Trinajstić information content (AvgIpc) is 3.13. The van der Waals surface area contributed by atoms with Gasteiger partial charge in [-0.05, 0) is 103 Å². The summed E-state index contributed by atoms with van der Waals surface area (Å²) in [5.41, 5.74) is 2.42. The van der Waals surface area contributed by atoms with Crippen molar-refractivity contribution >= 4 is 11.4 Å². The van der Waals surface area contributed by atoms with E-state index >= 15 is 0 Å². The van der Waals surface area contributed by atoms with Crippen molar-refractivity contribution in [2.24, 2.45) is 17.8 Å². The molecule has 0 atom stereocenters. The predicted octanol–water partition coefficient (Wildman–Crippen LogP) is 12.0. The highest BCUT2D eigenvalue weighted by molar-refractivity contribution is 5.46. The molecule has 0 bridgehead atoms. The van der Waals surface area contributed by atoms with Gasteiger partial charge in [0.05, 0.1) is 9.85 Å². The first-order chi connectivity index (χ1) is 23.8. The predicted molar refractivity (Wildman–Crippen MR) is 192 cm³/mol. The summed E-state index contributed by atoms with van der Waals surface area (Å²) in [5.74, 6) is 5.06. The highest BCUT2D eigenvalue weighted by Crippen LogP contribution is 2.49. The van der Waals surface area contributed by atoms with E-state index in [1.165, 1.54) is 99.6 Å². The molecule has 8 heteroatoms. The fraction of sp³-hybridized carbons (Fsp3) is 0.415. The quantitative estimate of drug-likeness (QED) is 0.104. The Balaban J connectivity index is 1.16. The van der Waals surface area contributed by atoms with Crippen molar-refractivity contribution < 1.29 is 19.3 Å². The normalized spacial score (nSPS) is 19.2. The van der Waals surface area contributed by atoms with Crippen molar-refractivity contribution in [2.45, 2.75) is 89.4 Å². The summed E-state index contributed by atoms with van der Waals surface area (Å²) in [4.78, 5) is 21.2. The van der Waals surface area contributed by atoms with Gasteiger partial charge in [0.15, 0.2) is 0 Å². The third kappa shape index (κ3) is 8.48. The molecule has 2 fully saturated rings. The maximum Gasteiger partial charge on any atom is 0.269 e. The third-order valence-corrected chi connectivity index (χ3v) is 11.0. The molecule has 256 valence electrons. The first-order valence-electron chi connectivity index (χ1n) is 17.9. The number of nitrogens with zero attached hydrogens (tertiary/aromatic N) is 2. The van der Waals surface area contributed by atoms with Crippen LogP contribution in [-0.2, 0) is 5.41 Å². The van der Waals surface area contributed by atoms with Gasteiger partial charge in [0.25, 0.3) is 11.4 Å². The Bertz CT molecular complexity index is 1570. The van der Waals surface area contributed by atoms with Crippen LogP contribution < -0.4 is 9.47 Å². The lowest BCUT2D eigenvalue weighted by Crippen LogP contribution is -2.33. The molecule has 0 spiro atoms. The third-order valence-electron chi connectivity index (χ3n) is 11.0. The monoisotopic (exact) mass is 662 g/mol. The van der Waals surface area contributed by atoms with E-state index in [9.17, 15) is 20.2 Å². The fourth-order valence-corrected chi connectivity index (χ4v) is 8.12. The van der Waals surface area contributed by atoms with Crippen LogP contribution in [0.3, 0.4) is 0 Å². The zero-order valence-corrected chi connectivity index (χ0v) is 28.3. The van der Waals surface area contributed by atoms with E-state index in [1.54, 1.807) is 24.3 Å². The Kier molecular flexibility index (Phi) is 10.9. The summed E-state index contributed by atoms with van der Waals surface area (Å²) in [6.07, 6.45) is 15.5. The molecular formula is C41H46N2O6. The minimum absolute atomic E-state index is 0.0313. The van der Waals surface area contributed by atoms with Gasteiger partial charge in [-0.3, -0.25) is 20.2 Å². The van der Waals surface area contributed by atoms with E-state index in [2.05, 4.69) is 31.2 Å². The van der Waals surface area contributed by atoms with Gasteiger partial charge >= 0.3 is 0 Å². The van der Waals surface area contributed by atoms with E-state index < -0.39 is 9.85 Å². The summed E-state index contributed by atoms with van der Waals surface area (Å²) in [6.45, 7) is 2.31. The van der Waals surface area contributed by atoms with Crippen molar-refractivity contribution in [2.75, 3.05) is 0 Å². The Hall–Kier alpha value is -4.72. The number of hydrogen-bond acceptors (Lipinski definition) is 6. The van der Waals surface area contributed by atoms with E-state index in [1.807, 2.05) is 24.3 Å². The molecule has 8 nitrogen and oxygen atoms in total. The zero-order chi connectivity index (χ0) is 34.2. The van der Waals surface area contributed by atoms with E-state index in [0.29, 0.717) is 23.0 Å². The van der Waals surface area contributed by atoms with Crippen molar-refractivity contribution in [3.05, 3.63) is 128 Å². The lowest BCUT2D eigenvalue weighted by Gasteiger charge is -2.42. The van der Waals surface area contributed by atoms with Gasteiger partial charge in [-0.25, -0.2) is 0 Å². The van der Waals surface area contributed by atoms with E-state index in [-0.39, 0.29) is 16.8 Å². The lowest BCUT2D eigenvalue weighted by molar-refractivity contribution is -0.385. The van der Waals surface area contributed by atoms with Crippen LogP contribution in [0.4, 0.5) is 11.4 Å². The second-order valence-corrected chi connectivity index (χ2v) is 14.0. The van der Waals surface area contributed by atoms with Crippen LogP contribution in [0.1, 0.15) is 95.1 Å². The summed E-state index contributed by atoms with van der Waals surface area (Å²) in [6, 6.07) is 28.9. The maximum atomic E-state index is 11.0. The molecule has 49 heavy (non-hydrogen) atoms. The van der Waals surface area contributed by atoms with Crippen LogP contribution in [0.15, 0.2) is 97.1 Å². The molecule has 6 rings (SSSR count). The standard InChI is InChI=1S/C41H46N2O6/c1-2-3-30-4-6-31(7-5-30)8-9-32-26-28-41(29-27-32,33-10-18-37(19-11-33)48-39-22-14-35(15-23-39)42(44)45)34-12-20-38(21-13-34)49-40-24-16-36(17-25-40)43(46)47/h10-25,30-32H,2-9,26-29H2,1H3/t30-,31-. The van der Waals surface area contributed by atoms with Gasteiger partial charge in [0, 0.05) is 29.7 Å². The Morgan fingerprint density at radius 1 is 0.531 bits per heavy atom. The van der Waals surface area contributed by atoms with Crippen LogP contribution in [0.5, 0.6) is 23.0 Å². The zero-order valence-electron chi connectivity index (χ0n) is 28.3. The molecule has 0 heterocycles. The van der Waals surface area contributed by atoms with Crippen LogP contribution in [0, 0.1) is 38.0 Å². The fourth-order valence-electron chi connectivity index (χ4n) is 8.12.